The van der Waals surface area contributed by atoms with Crippen LogP contribution in [-0.4, -0.2) is 17.9 Å². The van der Waals surface area contributed by atoms with Gasteiger partial charge in [0.05, 0.1) is 5.56 Å². The third-order valence-electron chi connectivity index (χ3n) is 1.61. The van der Waals surface area contributed by atoms with Crippen molar-refractivity contribution >= 4 is 27.9 Å². The summed E-state index contributed by atoms with van der Waals surface area (Å²) in [7, 11) is 1.58. The molecule has 0 atom stereocenters. The van der Waals surface area contributed by atoms with Crippen LogP contribution in [0, 0.1) is 0 Å². The van der Waals surface area contributed by atoms with Crippen molar-refractivity contribution in [1.82, 2.24) is 10.3 Å². The lowest BCUT2D eigenvalue weighted by Gasteiger charge is -2.04. The van der Waals surface area contributed by atoms with E-state index in [9.17, 15) is 4.79 Å². The number of hydrogen-bond acceptors (Lipinski definition) is 2. The van der Waals surface area contributed by atoms with Gasteiger partial charge < -0.3 is 5.32 Å². The van der Waals surface area contributed by atoms with Crippen molar-refractivity contribution in [2.75, 3.05) is 7.05 Å². The van der Waals surface area contributed by atoms with E-state index in [1.165, 1.54) is 6.20 Å². The van der Waals surface area contributed by atoms with Crippen LogP contribution >= 0.6 is 15.9 Å². The Morgan fingerprint density at radius 1 is 1.69 bits per heavy atom. The molecule has 1 amide bonds. The van der Waals surface area contributed by atoms with Crippen LogP contribution < -0.4 is 5.32 Å². The molecule has 0 bridgehead atoms. The number of pyridine rings is 1. The van der Waals surface area contributed by atoms with Gasteiger partial charge in [-0.25, -0.2) is 0 Å². The summed E-state index contributed by atoms with van der Waals surface area (Å²) >= 11 is 3.29. The Balaban J connectivity index is 3.28. The fourth-order valence-electron chi connectivity index (χ4n) is 0.968. The minimum Gasteiger partial charge on any atom is -0.355 e. The summed E-state index contributed by atoms with van der Waals surface area (Å²) in [6.45, 7) is 3.63. The number of carbonyl (C=O) groups excluding carboxylic acids is 1. The average Bonchev–Trinajstić information content (AvgIpc) is 2.16. The number of halogens is 1. The molecule has 0 aliphatic rings. The first-order valence-electron chi connectivity index (χ1n) is 3.68. The zero-order chi connectivity index (χ0) is 9.84. The molecule has 4 heteroatoms. The number of aromatic nitrogens is 1. The third kappa shape index (κ3) is 1.95. The number of hydrogen-bond donors (Lipinski definition) is 1. The first-order valence-corrected chi connectivity index (χ1v) is 4.48. The van der Waals surface area contributed by atoms with Gasteiger partial charge in [-0.15, -0.1) is 0 Å². The van der Waals surface area contributed by atoms with Gasteiger partial charge in [0, 0.05) is 29.5 Å². The molecule has 1 aromatic rings. The van der Waals surface area contributed by atoms with Crippen LogP contribution in [0.5, 0.6) is 0 Å². The monoisotopic (exact) mass is 240 g/mol. The summed E-state index contributed by atoms with van der Waals surface area (Å²) in [5.41, 5.74) is 1.28. The van der Waals surface area contributed by atoms with Crippen LogP contribution in [0.15, 0.2) is 23.4 Å². The minimum absolute atomic E-state index is 0.163. The Morgan fingerprint density at radius 3 is 2.92 bits per heavy atom. The van der Waals surface area contributed by atoms with Crippen molar-refractivity contribution in [2.45, 2.75) is 0 Å². The predicted molar refractivity (Wildman–Crippen MR) is 55.4 cm³/mol. The molecule has 1 N–H and O–H groups in total. The highest BCUT2D eigenvalue weighted by molar-refractivity contribution is 9.10. The molecule has 13 heavy (non-hydrogen) atoms. The Morgan fingerprint density at radius 2 is 2.38 bits per heavy atom. The van der Waals surface area contributed by atoms with E-state index in [0.29, 0.717) is 5.56 Å². The maximum atomic E-state index is 11.3. The van der Waals surface area contributed by atoms with Gasteiger partial charge in [-0.3, -0.25) is 9.78 Å². The standard InChI is InChI=1S/C9H9BrN2O/c1-3-6-7(9(13)11-2)4-12-5-8(6)10/h3-5H,1H2,2H3,(H,11,13). The van der Waals surface area contributed by atoms with Crippen molar-refractivity contribution < 1.29 is 4.79 Å². The highest BCUT2D eigenvalue weighted by Gasteiger charge is 2.10. The SMILES string of the molecule is C=Cc1c(Br)cncc1C(=O)NC. The maximum absolute atomic E-state index is 11.3. The largest absolute Gasteiger partial charge is 0.355 e. The van der Waals surface area contributed by atoms with Gasteiger partial charge in [0.1, 0.15) is 0 Å². The number of rotatable bonds is 2. The van der Waals surface area contributed by atoms with Gasteiger partial charge in [0.25, 0.3) is 5.91 Å². The normalized spacial score (nSPS) is 9.38. The molecule has 0 aliphatic heterocycles. The minimum atomic E-state index is -0.163. The lowest BCUT2D eigenvalue weighted by atomic mass is 10.1. The molecule has 0 aromatic carbocycles. The third-order valence-corrected chi connectivity index (χ3v) is 2.25. The molecule has 1 heterocycles. The highest BCUT2D eigenvalue weighted by Crippen LogP contribution is 2.20. The van der Waals surface area contributed by atoms with Crippen LogP contribution in [-0.2, 0) is 0 Å². The fourth-order valence-corrected chi connectivity index (χ4v) is 1.46. The summed E-state index contributed by atoms with van der Waals surface area (Å²) in [4.78, 5) is 15.2. The van der Waals surface area contributed by atoms with Crippen molar-refractivity contribution in [3.63, 3.8) is 0 Å². The van der Waals surface area contributed by atoms with Gasteiger partial charge >= 0.3 is 0 Å². The Hall–Kier alpha value is -1.16. The first kappa shape index (κ1) is 9.92. The van der Waals surface area contributed by atoms with E-state index in [1.54, 1.807) is 19.3 Å². The van der Waals surface area contributed by atoms with Crippen LogP contribution in [0.3, 0.4) is 0 Å². The molecular formula is C9H9BrN2O. The van der Waals surface area contributed by atoms with Crippen LogP contribution in [0.1, 0.15) is 15.9 Å². The molecule has 68 valence electrons. The summed E-state index contributed by atoms with van der Waals surface area (Å²) in [5, 5.41) is 2.54. The Labute approximate surface area is 85.0 Å². The van der Waals surface area contributed by atoms with E-state index >= 15 is 0 Å². The molecule has 0 spiro atoms. The van der Waals surface area contributed by atoms with E-state index in [-0.39, 0.29) is 5.91 Å². The van der Waals surface area contributed by atoms with Crippen molar-refractivity contribution in [2.24, 2.45) is 0 Å². The summed E-state index contributed by atoms with van der Waals surface area (Å²) in [5.74, 6) is -0.163. The molecule has 0 unspecified atom stereocenters. The lowest BCUT2D eigenvalue weighted by Crippen LogP contribution is -2.19. The van der Waals surface area contributed by atoms with Crippen LogP contribution in [0.4, 0.5) is 0 Å². The summed E-state index contributed by atoms with van der Waals surface area (Å²) in [6, 6.07) is 0. The van der Waals surface area contributed by atoms with E-state index < -0.39 is 0 Å². The van der Waals surface area contributed by atoms with Crippen molar-refractivity contribution in [3.05, 3.63) is 34.6 Å². The van der Waals surface area contributed by atoms with Gasteiger partial charge in [-0.2, -0.15) is 0 Å². The molecule has 0 saturated heterocycles. The molecular weight excluding hydrogens is 232 g/mol. The molecule has 0 saturated carbocycles. The maximum Gasteiger partial charge on any atom is 0.253 e. The topological polar surface area (TPSA) is 42.0 Å². The molecule has 3 nitrogen and oxygen atoms in total. The second-order valence-electron chi connectivity index (χ2n) is 2.37. The van der Waals surface area contributed by atoms with Gasteiger partial charge in [0.2, 0.25) is 0 Å². The van der Waals surface area contributed by atoms with Crippen LogP contribution in [0.25, 0.3) is 6.08 Å². The number of nitrogens with one attached hydrogen (secondary N) is 1. The Kier molecular flexibility index (Phi) is 3.19. The quantitative estimate of drug-likeness (QED) is 0.858. The average molecular weight is 241 g/mol. The van der Waals surface area contributed by atoms with Gasteiger partial charge in [0.15, 0.2) is 0 Å². The molecule has 1 rings (SSSR count). The van der Waals surface area contributed by atoms with Crippen molar-refractivity contribution in [3.8, 4) is 0 Å². The van der Waals surface area contributed by atoms with Gasteiger partial charge in [-0.05, 0) is 15.9 Å². The second-order valence-corrected chi connectivity index (χ2v) is 3.22. The number of carbonyl (C=O) groups is 1. The van der Waals surface area contributed by atoms with Crippen LogP contribution in [0.2, 0.25) is 0 Å². The second kappa shape index (κ2) is 4.18. The zero-order valence-electron chi connectivity index (χ0n) is 7.17. The predicted octanol–water partition coefficient (Wildman–Crippen LogP) is 1.85. The van der Waals surface area contributed by atoms with E-state index in [2.05, 4.69) is 32.8 Å². The van der Waals surface area contributed by atoms with E-state index in [4.69, 9.17) is 0 Å². The summed E-state index contributed by atoms with van der Waals surface area (Å²) < 4.78 is 0.767. The lowest BCUT2D eigenvalue weighted by molar-refractivity contribution is 0.0962. The van der Waals surface area contributed by atoms with E-state index in [1.807, 2.05) is 0 Å². The van der Waals surface area contributed by atoms with Crippen molar-refractivity contribution in [1.29, 1.82) is 0 Å². The number of amides is 1. The molecule has 0 aliphatic carbocycles. The Bertz CT molecular complexity index is 349. The zero-order valence-corrected chi connectivity index (χ0v) is 8.76. The van der Waals surface area contributed by atoms with Gasteiger partial charge in [-0.1, -0.05) is 12.7 Å². The molecule has 1 aromatic heterocycles. The fraction of sp³-hybridized carbons (Fsp3) is 0.111. The van der Waals surface area contributed by atoms with E-state index in [0.717, 1.165) is 10.0 Å². The summed E-state index contributed by atoms with van der Waals surface area (Å²) in [6.07, 6.45) is 4.76. The number of nitrogens with zero attached hydrogens (tertiary/aromatic N) is 1. The highest BCUT2D eigenvalue weighted by atomic mass is 79.9. The first-order chi connectivity index (χ1) is 6.20. The smallest absolute Gasteiger partial charge is 0.253 e. The molecule has 0 radical (unpaired) electrons. The molecule has 0 fully saturated rings.